The van der Waals surface area contributed by atoms with E-state index in [4.69, 9.17) is 18.3 Å². The zero-order valence-corrected chi connectivity index (χ0v) is 23.6. The smallest absolute Gasteiger partial charge is 0.253 e. The van der Waals surface area contributed by atoms with E-state index >= 15 is 0 Å². The standard InChI is InChI=1S/C32H26N4O8/c1-41-19-11-5-3-9-17(19)33-29(37)23-25(21-13-7-15-43-21)36-28-24(26(22-14-8-16-44-22)35(36)27(23)31(33)39)30(38)34(32(28)40)18-10-4-6-12-20(18)42-2/h3-16,23-28H,1-2H3/t23-,24-,25-,26+,27+,28-/m0/s1. The van der Waals surface area contributed by atoms with E-state index < -0.39 is 59.6 Å². The van der Waals surface area contributed by atoms with Crippen molar-refractivity contribution in [3.8, 4) is 11.5 Å². The molecular formula is C32H26N4O8. The minimum atomic E-state index is -1.05. The third-order valence-electron chi connectivity index (χ3n) is 9.05. The topological polar surface area (TPSA) is 126 Å². The van der Waals surface area contributed by atoms with Crippen molar-refractivity contribution in [2.24, 2.45) is 11.8 Å². The highest BCUT2D eigenvalue weighted by atomic mass is 16.5. The second kappa shape index (κ2) is 9.66. The Morgan fingerprint density at radius 3 is 1.30 bits per heavy atom. The molecule has 2 aromatic heterocycles. The zero-order chi connectivity index (χ0) is 30.3. The summed E-state index contributed by atoms with van der Waals surface area (Å²) in [4.78, 5) is 59.8. The monoisotopic (exact) mass is 594 g/mol. The largest absolute Gasteiger partial charge is 0.495 e. The molecule has 8 rings (SSSR count). The fourth-order valence-corrected chi connectivity index (χ4v) is 7.42. The Bertz CT molecular complexity index is 1670. The molecule has 6 atom stereocenters. The molecule has 2 aromatic carbocycles. The number of carbonyl (C=O) groups is 4. The highest BCUT2D eigenvalue weighted by molar-refractivity contribution is 6.26. The quantitative estimate of drug-likeness (QED) is 0.307. The summed E-state index contributed by atoms with van der Waals surface area (Å²) in [5, 5.41) is 3.41. The number of anilines is 2. The number of rotatable bonds is 6. The van der Waals surface area contributed by atoms with E-state index in [0.29, 0.717) is 34.4 Å². The normalized spacial score (nSPS) is 28.1. The second-order valence-electron chi connectivity index (χ2n) is 11.0. The Morgan fingerprint density at radius 2 is 0.932 bits per heavy atom. The van der Waals surface area contributed by atoms with Gasteiger partial charge in [-0.1, -0.05) is 24.3 Å². The molecular weight excluding hydrogens is 568 g/mol. The lowest BCUT2D eigenvalue weighted by molar-refractivity contribution is -0.136. The number of amides is 4. The molecule has 12 nitrogen and oxygen atoms in total. The third kappa shape index (κ3) is 3.34. The van der Waals surface area contributed by atoms with Gasteiger partial charge in [0.2, 0.25) is 11.8 Å². The Balaban J connectivity index is 1.31. The van der Waals surface area contributed by atoms with Crippen LogP contribution in [0, 0.1) is 11.8 Å². The van der Waals surface area contributed by atoms with Crippen molar-refractivity contribution in [3.05, 3.63) is 96.8 Å². The van der Waals surface area contributed by atoms with Gasteiger partial charge in [-0.15, -0.1) is 0 Å². The first-order valence-electron chi connectivity index (χ1n) is 14.1. The number of hydrazine groups is 1. The summed E-state index contributed by atoms with van der Waals surface area (Å²) < 4.78 is 22.7. The maximum absolute atomic E-state index is 14.4. The van der Waals surface area contributed by atoms with Gasteiger partial charge in [-0.05, 0) is 48.5 Å². The maximum Gasteiger partial charge on any atom is 0.253 e. The summed E-state index contributed by atoms with van der Waals surface area (Å²) in [5.41, 5.74) is 0.625. The third-order valence-corrected chi connectivity index (χ3v) is 9.05. The molecule has 0 radical (unpaired) electrons. The summed E-state index contributed by atoms with van der Waals surface area (Å²) in [6.45, 7) is 0. The number of para-hydroxylation sites is 4. The van der Waals surface area contributed by atoms with Crippen LogP contribution in [0.15, 0.2) is 94.2 Å². The number of carbonyl (C=O) groups excluding carboxylic acids is 4. The van der Waals surface area contributed by atoms with Crippen LogP contribution in [0.25, 0.3) is 0 Å². The van der Waals surface area contributed by atoms with E-state index in [1.54, 1.807) is 82.8 Å². The van der Waals surface area contributed by atoms with E-state index in [2.05, 4.69) is 0 Å². The maximum atomic E-state index is 14.4. The Kier molecular flexibility index (Phi) is 5.80. The van der Waals surface area contributed by atoms with Gasteiger partial charge in [0.05, 0.1) is 62.0 Å². The molecule has 12 heteroatoms. The lowest BCUT2D eigenvalue weighted by Crippen LogP contribution is -2.50. The average Bonchev–Trinajstić information content (AvgIpc) is 3.88. The van der Waals surface area contributed by atoms with Crippen molar-refractivity contribution in [1.82, 2.24) is 10.0 Å². The second-order valence-corrected chi connectivity index (χ2v) is 11.0. The molecule has 0 bridgehead atoms. The first kappa shape index (κ1) is 26.4. The van der Waals surface area contributed by atoms with Crippen LogP contribution in [-0.4, -0.2) is 59.9 Å². The van der Waals surface area contributed by atoms with Crippen LogP contribution in [0.2, 0.25) is 0 Å². The molecule has 0 unspecified atom stereocenters. The summed E-state index contributed by atoms with van der Waals surface area (Å²) in [5.74, 6) is -2.34. The van der Waals surface area contributed by atoms with Crippen LogP contribution < -0.4 is 19.3 Å². The van der Waals surface area contributed by atoms with E-state index in [1.165, 1.54) is 26.7 Å². The van der Waals surface area contributed by atoms with E-state index in [1.807, 2.05) is 0 Å². The Labute approximate surface area is 250 Å². The van der Waals surface area contributed by atoms with Gasteiger partial charge in [0.15, 0.2) is 0 Å². The van der Waals surface area contributed by atoms with Crippen LogP contribution >= 0.6 is 0 Å². The predicted octanol–water partition coefficient (Wildman–Crippen LogP) is 3.33. The van der Waals surface area contributed by atoms with Crippen molar-refractivity contribution in [2.75, 3.05) is 24.0 Å². The van der Waals surface area contributed by atoms with Crippen molar-refractivity contribution < 1.29 is 37.5 Å². The minimum Gasteiger partial charge on any atom is -0.495 e. The molecule has 4 aliphatic heterocycles. The molecule has 0 aliphatic carbocycles. The first-order valence-corrected chi connectivity index (χ1v) is 14.1. The Hall–Kier alpha value is -5.20. The van der Waals surface area contributed by atoms with Gasteiger partial charge in [-0.2, -0.15) is 0 Å². The number of imide groups is 2. The van der Waals surface area contributed by atoms with Gasteiger partial charge in [0, 0.05) is 0 Å². The molecule has 6 heterocycles. The fraction of sp³-hybridized carbons (Fsp3) is 0.250. The van der Waals surface area contributed by atoms with Crippen molar-refractivity contribution in [2.45, 2.75) is 24.2 Å². The van der Waals surface area contributed by atoms with Crippen LogP contribution in [0.1, 0.15) is 23.6 Å². The molecule has 4 aliphatic rings. The summed E-state index contributed by atoms with van der Waals surface area (Å²) in [6, 6.07) is 16.6. The number of fused-ring (bicyclic) bond motifs is 5. The first-order chi connectivity index (χ1) is 21.5. The molecule has 4 fully saturated rings. The molecule has 4 amide bonds. The van der Waals surface area contributed by atoms with E-state index in [-0.39, 0.29) is 0 Å². The van der Waals surface area contributed by atoms with Gasteiger partial charge < -0.3 is 18.3 Å². The highest BCUT2D eigenvalue weighted by Crippen LogP contribution is 2.60. The molecule has 222 valence electrons. The number of furan rings is 2. The van der Waals surface area contributed by atoms with E-state index in [9.17, 15) is 19.2 Å². The highest BCUT2D eigenvalue weighted by Gasteiger charge is 2.74. The van der Waals surface area contributed by atoms with E-state index in [0.717, 1.165) is 9.80 Å². The Morgan fingerprint density at radius 1 is 0.523 bits per heavy atom. The number of ether oxygens (including phenoxy) is 2. The summed E-state index contributed by atoms with van der Waals surface area (Å²) in [6.07, 6.45) is 2.96. The zero-order valence-electron chi connectivity index (χ0n) is 23.6. The van der Waals surface area contributed by atoms with Gasteiger partial charge in [0.25, 0.3) is 11.8 Å². The van der Waals surface area contributed by atoms with Gasteiger partial charge in [-0.25, -0.2) is 19.8 Å². The fourth-order valence-electron chi connectivity index (χ4n) is 7.42. The van der Waals surface area contributed by atoms with Gasteiger partial charge in [-0.3, -0.25) is 19.2 Å². The lowest BCUT2D eigenvalue weighted by Gasteiger charge is -2.34. The van der Waals surface area contributed by atoms with Gasteiger partial charge in [0.1, 0.15) is 35.1 Å². The van der Waals surface area contributed by atoms with Gasteiger partial charge >= 0.3 is 0 Å². The average molecular weight is 595 g/mol. The van der Waals surface area contributed by atoms with Crippen molar-refractivity contribution in [3.63, 3.8) is 0 Å². The van der Waals surface area contributed by atoms with Crippen LogP contribution in [0.4, 0.5) is 11.4 Å². The molecule has 0 N–H and O–H groups in total. The summed E-state index contributed by atoms with van der Waals surface area (Å²) >= 11 is 0. The molecule has 4 saturated heterocycles. The SMILES string of the molecule is COc1ccccc1N1C(=O)[C@@H]2[C@@H](C1=O)N1[C@@H](c3ccco3)[C@@H]3C(=O)N(c4ccccc4OC)C(=O)[C@@H]3N1[C@@H]2c1ccco1. The number of hydrogen-bond donors (Lipinski definition) is 0. The van der Waals surface area contributed by atoms with Crippen LogP contribution in [0.3, 0.4) is 0 Å². The molecule has 44 heavy (non-hydrogen) atoms. The number of methoxy groups -OCH3 is 2. The molecule has 0 spiro atoms. The number of benzene rings is 2. The number of hydrogen-bond acceptors (Lipinski definition) is 10. The minimum absolute atomic E-state index is 0.313. The van der Waals surface area contributed by atoms with Crippen LogP contribution in [0.5, 0.6) is 11.5 Å². The predicted molar refractivity (Wildman–Crippen MR) is 152 cm³/mol. The van der Waals surface area contributed by atoms with Crippen LogP contribution in [-0.2, 0) is 19.2 Å². The van der Waals surface area contributed by atoms with Crippen molar-refractivity contribution in [1.29, 1.82) is 0 Å². The van der Waals surface area contributed by atoms with Crippen molar-refractivity contribution >= 4 is 35.0 Å². The summed E-state index contributed by atoms with van der Waals surface area (Å²) in [7, 11) is 2.94. The molecule has 4 aromatic rings. The lowest BCUT2D eigenvalue weighted by atomic mass is 9.87. The number of nitrogens with zero attached hydrogens (tertiary/aromatic N) is 4. The molecule has 0 saturated carbocycles.